The SMILES string of the molecule is [CH3-].[CH3-].[Cl-].[Cl-].[Si]=[Zr+2]. The van der Waals surface area contributed by atoms with Crippen molar-refractivity contribution in [1.82, 2.24) is 0 Å². The van der Waals surface area contributed by atoms with E-state index in [9.17, 15) is 0 Å². The van der Waals surface area contributed by atoms with Crippen LogP contribution in [0.4, 0.5) is 0 Å². The molecule has 0 fully saturated rings. The second-order valence-electron chi connectivity index (χ2n) is 0. The van der Waals surface area contributed by atoms with Crippen molar-refractivity contribution in [2.75, 3.05) is 0 Å². The maximum atomic E-state index is 3.06. The van der Waals surface area contributed by atoms with Gasteiger partial charge in [0.1, 0.15) is 0 Å². The van der Waals surface area contributed by atoms with E-state index in [0.717, 1.165) is 0 Å². The molecule has 6 heavy (non-hydrogen) atoms. The Morgan fingerprint density at radius 1 is 0.833 bits per heavy atom. The zero-order valence-electron chi connectivity index (χ0n) is 3.76. The molecule has 0 aromatic heterocycles. The molecule has 2 radical (unpaired) electrons. The third kappa shape index (κ3) is 44.1. The van der Waals surface area contributed by atoms with Crippen molar-refractivity contribution in [1.29, 1.82) is 0 Å². The van der Waals surface area contributed by atoms with Gasteiger partial charge in [-0.3, -0.25) is 0 Å². The molecule has 0 nitrogen and oxygen atoms in total. The summed E-state index contributed by atoms with van der Waals surface area (Å²) in [6.07, 6.45) is 0. The second kappa shape index (κ2) is 76.4. The summed E-state index contributed by atoms with van der Waals surface area (Å²) in [7, 11) is 0. The molecule has 0 unspecified atom stereocenters. The first-order valence-corrected chi connectivity index (χ1v) is 4.44. The molecule has 0 atom stereocenters. The molecule has 0 bridgehead atoms. The summed E-state index contributed by atoms with van der Waals surface area (Å²) >= 11 is 1.36. The Balaban J connectivity index is -0.000000000833. The van der Waals surface area contributed by atoms with Crippen LogP contribution in [0, 0.1) is 14.9 Å². The van der Waals surface area contributed by atoms with E-state index in [-0.39, 0.29) is 39.7 Å². The molecule has 0 heterocycles. The van der Waals surface area contributed by atoms with Gasteiger partial charge >= 0.3 is 30.2 Å². The Morgan fingerprint density at radius 3 is 0.833 bits per heavy atom. The molecule has 0 saturated heterocycles. The zero-order chi connectivity index (χ0) is 2.00. The summed E-state index contributed by atoms with van der Waals surface area (Å²) < 4.78 is 0. The maximum absolute atomic E-state index is 3.06. The van der Waals surface area contributed by atoms with Crippen molar-refractivity contribution in [2.45, 2.75) is 0 Å². The third-order valence-electron chi connectivity index (χ3n) is 0. The fourth-order valence-electron chi connectivity index (χ4n) is 0. The predicted molar refractivity (Wildman–Crippen MR) is 18.6 cm³/mol. The van der Waals surface area contributed by atoms with Crippen LogP contribution in [0.2, 0.25) is 0 Å². The molecule has 0 aromatic carbocycles. The number of rotatable bonds is 0. The monoisotopic (exact) mass is 218 g/mol. The van der Waals surface area contributed by atoms with Gasteiger partial charge in [0.2, 0.25) is 0 Å². The van der Waals surface area contributed by atoms with Crippen molar-refractivity contribution in [3.63, 3.8) is 0 Å². The molecule has 0 saturated carbocycles. The second-order valence-corrected chi connectivity index (χ2v) is 0. The predicted octanol–water partition coefficient (Wildman–Crippen LogP) is -5.47. The molecule has 0 aliphatic rings. The fraction of sp³-hybridized carbons (Fsp3) is 0. The standard InChI is InChI=1S/2CH3.2ClH.Si.Zr/h2*1H3;2*1H;;/q2*-1;;;;+2/p-2. The Labute approximate surface area is 69.5 Å². The summed E-state index contributed by atoms with van der Waals surface area (Å²) in [5.74, 6) is 0. The van der Waals surface area contributed by atoms with E-state index in [4.69, 9.17) is 0 Å². The van der Waals surface area contributed by atoms with Crippen molar-refractivity contribution >= 4 is 6.88 Å². The van der Waals surface area contributed by atoms with Gasteiger partial charge in [-0.05, 0) is 0 Å². The molecule has 0 N–H and O–H groups in total. The molecule has 38 valence electrons. The third-order valence-corrected chi connectivity index (χ3v) is 0. The van der Waals surface area contributed by atoms with Crippen LogP contribution in [0.3, 0.4) is 0 Å². The van der Waals surface area contributed by atoms with Crippen molar-refractivity contribution < 1.29 is 48.1 Å². The summed E-state index contributed by atoms with van der Waals surface area (Å²) in [4.78, 5) is 0. The zero-order valence-corrected chi connectivity index (χ0v) is 8.73. The first-order valence-electron chi connectivity index (χ1n) is 0.250. The molecule has 0 amide bonds. The minimum atomic E-state index is 0. The van der Waals surface area contributed by atoms with Crippen molar-refractivity contribution in [2.24, 2.45) is 0 Å². The van der Waals surface area contributed by atoms with Crippen LogP contribution in [0.25, 0.3) is 0 Å². The van der Waals surface area contributed by atoms with Crippen LogP contribution in [-0.2, 0) is 23.3 Å². The van der Waals surface area contributed by atoms with E-state index < -0.39 is 0 Å². The Hall–Kier alpha value is 1.68. The summed E-state index contributed by atoms with van der Waals surface area (Å²) in [6.45, 7) is 3.06. The minimum absolute atomic E-state index is 0. The van der Waals surface area contributed by atoms with Crippen molar-refractivity contribution in [3.8, 4) is 0 Å². The first kappa shape index (κ1) is 47.7. The summed E-state index contributed by atoms with van der Waals surface area (Å²) in [5.41, 5.74) is 0. The van der Waals surface area contributed by atoms with Crippen LogP contribution in [-0.4, -0.2) is 6.88 Å². The van der Waals surface area contributed by atoms with Gasteiger partial charge < -0.3 is 39.7 Å². The molecule has 0 aromatic rings. The topological polar surface area (TPSA) is 0 Å². The quantitative estimate of drug-likeness (QED) is 0.282. The van der Waals surface area contributed by atoms with Gasteiger partial charge in [0.15, 0.2) is 0 Å². The van der Waals surface area contributed by atoms with Gasteiger partial charge in [-0.1, -0.05) is 0 Å². The summed E-state index contributed by atoms with van der Waals surface area (Å²) in [6, 6.07) is 0. The number of hydrogen-bond acceptors (Lipinski definition) is 0. The van der Waals surface area contributed by atoms with Gasteiger partial charge in [0.05, 0.1) is 0 Å². The molecular formula is C2H6Cl2SiZr-2. The molecule has 0 spiro atoms. The van der Waals surface area contributed by atoms with Crippen LogP contribution in [0.1, 0.15) is 0 Å². The van der Waals surface area contributed by atoms with E-state index in [1.54, 1.807) is 0 Å². The van der Waals surface area contributed by atoms with Crippen LogP contribution in [0.5, 0.6) is 0 Å². The van der Waals surface area contributed by atoms with Crippen LogP contribution >= 0.6 is 0 Å². The van der Waals surface area contributed by atoms with Gasteiger partial charge in [-0.2, -0.15) is 0 Å². The fourth-order valence-corrected chi connectivity index (χ4v) is 0. The normalized spacial score (nSPS) is 1.00. The van der Waals surface area contributed by atoms with Gasteiger partial charge in [-0.25, -0.2) is 0 Å². The average molecular weight is 220 g/mol. The van der Waals surface area contributed by atoms with E-state index in [1.807, 2.05) is 0 Å². The van der Waals surface area contributed by atoms with Gasteiger partial charge in [-0.15, -0.1) is 0 Å². The van der Waals surface area contributed by atoms with Crippen molar-refractivity contribution in [3.05, 3.63) is 14.9 Å². The van der Waals surface area contributed by atoms with Gasteiger partial charge in [0.25, 0.3) is 0 Å². The number of hydrogen-bond donors (Lipinski definition) is 0. The first-order chi connectivity index (χ1) is 1.00. The van der Waals surface area contributed by atoms with Crippen LogP contribution < -0.4 is 24.8 Å². The molecule has 0 aliphatic carbocycles. The number of halogens is 2. The van der Waals surface area contributed by atoms with E-state index >= 15 is 0 Å². The van der Waals surface area contributed by atoms with E-state index in [2.05, 4.69) is 6.88 Å². The van der Waals surface area contributed by atoms with E-state index in [0.29, 0.717) is 0 Å². The van der Waals surface area contributed by atoms with E-state index in [1.165, 1.54) is 23.3 Å². The molecule has 0 aliphatic heterocycles. The summed E-state index contributed by atoms with van der Waals surface area (Å²) in [5, 5.41) is 0. The Bertz CT molecular complexity index is 11.5. The molecule has 0 rings (SSSR count). The molecular weight excluding hydrogens is 214 g/mol. The average Bonchev–Trinajstić information content (AvgIpc) is 1.00. The Kier molecular flexibility index (Phi) is 607. The molecule has 4 heteroatoms. The van der Waals surface area contributed by atoms with Gasteiger partial charge in [0, 0.05) is 0 Å². The van der Waals surface area contributed by atoms with Crippen LogP contribution in [0.15, 0.2) is 0 Å². The Morgan fingerprint density at radius 2 is 0.833 bits per heavy atom.